The number of aromatic nitrogens is 4. The molecular formula is C34H37FN6O3Si. The zero-order chi connectivity index (χ0) is 31.6. The zero-order valence-electron chi connectivity index (χ0n) is 25.7. The van der Waals surface area contributed by atoms with E-state index < -0.39 is 19.1 Å². The number of rotatable bonds is 9. The summed E-state index contributed by atoms with van der Waals surface area (Å²) in [7, 11) is -2.63. The van der Waals surface area contributed by atoms with Crippen LogP contribution in [0.5, 0.6) is 0 Å². The number of nitrogens with one attached hydrogen (secondary N) is 1. The molecule has 3 aromatic heterocycles. The summed E-state index contributed by atoms with van der Waals surface area (Å²) in [6.07, 6.45) is 7.54. The number of nitro groups is 1. The lowest BCUT2D eigenvalue weighted by atomic mass is 9.86. The van der Waals surface area contributed by atoms with Crippen LogP contribution in [0.3, 0.4) is 0 Å². The maximum absolute atomic E-state index is 14.0. The highest BCUT2D eigenvalue weighted by Crippen LogP contribution is 2.38. The summed E-state index contributed by atoms with van der Waals surface area (Å²) in [4.78, 5) is 24.4. The van der Waals surface area contributed by atoms with Gasteiger partial charge in [0.2, 0.25) is 5.82 Å². The van der Waals surface area contributed by atoms with Gasteiger partial charge in [0.15, 0.2) is 5.82 Å². The molecule has 0 radical (unpaired) electrons. The molecule has 1 aliphatic carbocycles. The molecule has 9 nitrogen and oxygen atoms in total. The number of benzene rings is 2. The Balaban J connectivity index is 1.18. The van der Waals surface area contributed by atoms with Crippen LogP contribution in [0.15, 0.2) is 91.4 Å². The van der Waals surface area contributed by atoms with Gasteiger partial charge in [0, 0.05) is 18.8 Å². The maximum Gasteiger partial charge on any atom is 0.329 e. The van der Waals surface area contributed by atoms with Gasteiger partial charge in [-0.1, -0.05) is 81.4 Å². The van der Waals surface area contributed by atoms with Crippen LogP contribution < -0.4 is 15.7 Å². The van der Waals surface area contributed by atoms with E-state index in [1.807, 2.05) is 12.1 Å². The summed E-state index contributed by atoms with van der Waals surface area (Å²) in [6.45, 7) is 7.51. The fraction of sp³-hybridized carbons (Fsp3) is 0.324. The maximum atomic E-state index is 14.0. The lowest BCUT2D eigenvalue weighted by Crippen LogP contribution is -2.67. The topological polar surface area (TPSA) is 107 Å². The van der Waals surface area contributed by atoms with Crippen LogP contribution >= 0.6 is 0 Å². The van der Waals surface area contributed by atoms with E-state index in [1.54, 1.807) is 6.07 Å². The average Bonchev–Trinajstić information content (AvgIpc) is 3.45. The molecule has 0 amide bonds. The Bertz CT molecular complexity index is 1750. The Morgan fingerprint density at radius 2 is 1.60 bits per heavy atom. The van der Waals surface area contributed by atoms with Gasteiger partial charge in [0.1, 0.15) is 23.4 Å². The minimum atomic E-state index is -2.63. The number of imidazole rings is 1. The molecule has 232 valence electrons. The lowest BCUT2D eigenvalue weighted by molar-refractivity contribution is -0.384. The van der Waals surface area contributed by atoms with Crippen LogP contribution in [0.2, 0.25) is 5.04 Å². The van der Waals surface area contributed by atoms with Gasteiger partial charge in [-0.25, -0.2) is 19.3 Å². The summed E-state index contributed by atoms with van der Waals surface area (Å²) < 4.78 is 22.7. The van der Waals surface area contributed by atoms with Gasteiger partial charge in [-0.15, -0.1) is 0 Å². The first-order chi connectivity index (χ1) is 21.7. The summed E-state index contributed by atoms with van der Waals surface area (Å²) >= 11 is 0. The van der Waals surface area contributed by atoms with Gasteiger partial charge < -0.3 is 9.74 Å². The predicted molar refractivity (Wildman–Crippen MR) is 176 cm³/mol. The van der Waals surface area contributed by atoms with E-state index in [0.717, 1.165) is 25.7 Å². The summed E-state index contributed by atoms with van der Waals surface area (Å²) in [6, 6.07) is 24.2. The second-order valence-corrected chi connectivity index (χ2v) is 17.0. The number of fused-ring (bicyclic) bond motifs is 1. The van der Waals surface area contributed by atoms with Crippen molar-refractivity contribution in [3.63, 3.8) is 0 Å². The summed E-state index contributed by atoms with van der Waals surface area (Å²) in [5.74, 6) is 0.323. The van der Waals surface area contributed by atoms with Crippen LogP contribution in [-0.4, -0.2) is 45.2 Å². The van der Waals surface area contributed by atoms with E-state index in [0.29, 0.717) is 23.9 Å². The van der Waals surface area contributed by atoms with E-state index in [4.69, 9.17) is 4.43 Å². The molecule has 3 heterocycles. The summed E-state index contributed by atoms with van der Waals surface area (Å²) in [5, 5.41) is 17.6. The minimum Gasteiger partial charge on any atom is -0.407 e. The molecule has 45 heavy (non-hydrogen) atoms. The molecule has 1 N–H and O–H groups in total. The van der Waals surface area contributed by atoms with Crippen LogP contribution in [0.25, 0.3) is 17.2 Å². The van der Waals surface area contributed by atoms with Gasteiger partial charge in [-0.2, -0.15) is 0 Å². The van der Waals surface area contributed by atoms with Crippen LogP contribution in [0.4, 0.5) is 15.9 Å². The zero-order valence-corrected chi connectivity index (χ0v) is 26.7. The first-order valence-corrected chi connectivity index (χ1v) is 17.2. The molecule has 0 unspecified atom stereocenters. The van der Waals surface area contributed by atoms with E-state index in [9.17, 15) is 14.5 Å². The normalized spacial score (nSPS) is 17.3. The third kappa shape index (κ3) is 6.10. The fourth-order valence-electron chi connectivity index (χ4n) is 6.53. The molecule has 6 rings (SSSR count). The number of pyridine rings is 1. The number of hydrogen-bond acceptors (Lipinski definition) is 7. The predicted octanol–water partition coefficient (Wildman–Crippen LogP) is 6.39. The molecule has 11 heteroatoms. The van der Waals surface area contributed by atoms with Crippen molar-refractivity contribution in [2.45, 2.75) is 57.5 Å². The standard InChI is InChI=1S/C34H37FN6O3Si/c1-34(2,3)45(27-10-6-4-7-11-27,28-12-8-5-9-13-28)44-23-24-14-17-26(18-15-24)38-33-30(41(42)43)21-37-32(39-33)29-20-36-31-19-16-25(35)22-40(29)31/h4-13,16,19-22,24,26H,14-15,17-18,23H2,1-3H3,(H,37,38,39)/t24-,26-. The van der Waals surface area contributed by atoms with E-state index in [-0.39, 0.29) is 28.4 Å². The van der Waals surface area contributed by atoms with Gasteiger partial charge in [-0.05, 0) is 59.1 Å². The first-order valence-electron chi connectivity index (χ1n) is 15.3. The fourth-order valence-corrected chi connectivity index (χ4v) is 11.2. The molecule has 1 fully saturated rings. The summed E-state index contributed by atoms with van der Waals surface area (Å²) in [5.41, 5.74) is 0.781. The van der Waals surface area contributed by atoms with E-state index in [2.05, 4.69) is 89.6 Å². The van der Waals surface area contributed by atoms with Crippen molar-refractivity contribution in [1.82, 2.24) is 19.4 Å². The Kier molecular flexibility index (Phi) is 8.47. The third-order valence-electron chi connectivity index (χ3n) is 8.80. The van der Waals surface area contributed by atoms with Crippen molar-refractivity contribution in [1.29, 1.82) is 0 Å². The molecule has 0 spiro atoms. The highest BCUT2D eigenvalue weighted by atomic mass is 28.4. The van der Waals surface area contributed by atoms with Gasteiger partial charge in [0.25, 0.3) is 8.32 Å². The lowest BCUT2D eigenvalue weighted by Gasteiger charge is -2.44. The molecule has 1 aliphatic rings. The van der Waals surface area contributed by atoms with Crippen molar-refractivity contribution < 1.29 is 13.7 Å². The largest absolute Gasteiger partial charge is 0.407 e. The number of anilines is 1. The van der Waals surface area contributed by atoms with Crippen molar-refractivity contribution >= 4 is 35.8 Å². The quantitative estimate of drug-likeness (QED) is 0.115. The highest BCUT2D eigenvalue weighted by Gasteiger charge is 2.50. The molecule has 0 bridgehead atoms. The smallest absolute Gasteiger partial charge is 0.329 e. The molecule has 0 saturated heterocycles. The minimum absolute atomic E-state index is 0.00944. The Morgan fingerprint density at radius 1 is 0.956 bits per heavy atom. The molecule has 2 aromatic carbocycles. The second-order valence-electron chi connectivity index (χ2n) is 12.7. The first kappa shape index (κ1) is 30.5. The molecule has 5 aromatic rings. The van der Waals surface area contributed by atoms with Crippen molar-refractivity contribution in [2.75, 3.05) is 11.9 Å². The highest BCUT2D eigenvalue weighted by molar-refractivity contribution is 6.99. The van der Waals surface area contributed by atoms with Crippen LogP contribution in [0, 0.1) is 21.8 Å². The van der Waals surface area contributed by atoms with Gasteiger partial charge in [0.05, 0.1) is 11.1 Å². The third-order valence-corrected chi connectivity index (χ3v) is 13.8. The molecule has 1 saturated carbocycles. The number of nitrogens with zero attached hydrogens (tertiary/aromatic N) is 5. The molecule has 0 aliphatic heterocycles. The number of halogens is 1. The Hall–Kier alpha value is -4.48. The monoisotopic (exact) mass is 624 g/mol. The van der Waals surface area contributed by atoms with E-state index >= 15 is 0 Å². The average molecular weight is 625 g/mol. The molecular weight excluding hydrogens is 587 g/mol. The van der Waals surface area contributed by atoms with Gasteiger partial charge >= 0.3 is 5.69 Å². The van der Waals surface area contributed by atoms with Crippen molar-refractivity contribution in [2.24, 2.45) is 5.92 Å². The van der Waals surface area contributed by atoms with E-state index in [1.165, 1.54) is 39.4 Å². The number of hydrogen-bond donors (Lipinski definition) is 1. The van der Waals surface area contributed by atoms with Gasteiger partial charge in [-0.3, -0.25) is 14.5 Å². The Labute approximate surface area is 262 Å². The van der Waals surface area contributed by atoms with Crippen molar-refractivity contribution in [3.8, 4) is 11.5 Å². The molecule has 0 atom stereocenters. The van der Waals surface area contributed by atoms with Crippen LogP contribution in [-0.2, 0) is 4.43 Å². The van der Waals surface area contributed by atoms with Crippen molar-refractivity contribution in [3.05, 3.63) is 107 Å². The SMILES string of the molecule is CC(C)(C)[Si](OC[C@H]1CC[C@H](Nc2nc(-c3cnc4ccc(F)cn34)ncc2[N+](=O)[O-])CC1)(c1ccccc1)c1ccccc1. The van der Waals surface area contributed by atoms with Crippen LogP contribution in [0.1, 0.15) is 46.5 Å². The second kappa shape index (κ2) is 12.5. The Morgan fingerprint density at radius 3 is 2.20 bits per heavy atom.